The van der Waals surface area contributed by atoms with E-state index >= 15 is 0 Å². The number of nitrogen functional groups attached to an aromatic ring is 1. The van der Waals surface area contributed by atoms with Gasteiger partial charge in [0.05, 0.1) is 18.1 Å². The molecule has 0 fully saturated rings. The fraction of sp³-hybridized carbons (Fsp3) is 0.556. The van der Waals surface area contributed by atoms with Gasteiger partial charge in [-0.25, -0.2) is 9.97 Å². The highest BCUT2D eigenvalue weighted by Crippen LogP contribution is 2.13. The summed E-state index contributed by atoms with van der Waals surface area (Å²) < 4.78 is 0. The van der Waals surface area contributed by atoms with Gasteiger partial charge in [0, 0.05) is 5.54 Å². The van der Waals surface area contributed by atoms with Crippen molar-refractivity contribution in [1.29, 1.82) is 0 Å². The molecule has 0 aromatic carbocycles. The molecular weight excluding hydrogens is 164 g/mol. The zero-order valence-corrected chi connectivity index (χ0v) is 8.33. The Kier molecular flexibility index (Phi) is 2.70. The van der Waals surface area contributed by atoms with E-state index in [2.05, 4.69) is 36.1 Å². The number of hydrogen-bond donors (Lipinski definition) is 2. The smallest absolute Gasteiger partial charge is 0.223 e. The van der Waals surface area contributed by atoms with Crippen molar-refractivity contribution >= 4 is 11.6 Å². The van der Waals surface area contributed by atoms with Crippen molar-refractivity contribution in [3.63, 3.8) is 0 Å². The van der Waals surface area contributed by atoms with E-state index in [-0.39, 0.29) is 5.54 Å². The van der Waals surface area contributed by atoms with Crippen LogP contribution >= 0.6 is 0 Å². The van der Waals surface area contributed by atoms with Crippen LogP contribution in [0.1, 0.15) is 27.2 Å². The van der Waals surface area contributed by atoms with Gasteiger partial charge in [0.15, 0.2) is 0 Å². The topological polar surface area (TPSA) is 63.8 Å². The van der Waals surface area contributed by atoms with Crippen LogP contribution in [0, 0.1) is 0 Å². The molecule has 13 heavy (non-hydrogen) atoms. The quantitative estimate of drug-likeness (QED) is 0.742. The van der Waals surface area contributed by atoms with E-state index in [0.29, 0.717) is 11.6 Å². The molecule has 3 N–H and O–H groups in total. The van der Waals surface area contributed by atoms with Crippen LogP contribution in [-0.2, 0) is 0 Å². The van der Waals surface area contributed by atoms with Crippen LogP contribution in [0.15, 0.2) is 12.4 Å². The molecule has 0 atom stereocenters. The Morgan fingerprint density at radius 1 is 1.38 bits per heavy atom. The molecule has 4 heteroatoms. The Morgan fingerprint density at radius 3 is 2.38 bits per heavy atom. The second-order valence-corrected chi connectivity index (χ2v) is 3.70. The highest BCUT2D eigenvalue weighted by Gasteiger charge is 2.14. The molecule has 1 rings (SSSR count). The minimum absolute atomic E-state index is 0.0239. The Labute approximate surface area is 78.6 Å². The molecule has 1 aromatic heterocycles. The molecule has 0 radical (unpaired) electrons. The standard InChI is InChI=1S/C9H16N4/c1-4-9(2,3)13-8-11-5-7(10)6-12-8/h5-6H,4,10H2,1-3H3,(H,11,12,13). The van der Waals surface area contributed by atoms with Crippen molar-refractivity contribution in [2.24, 2.45) is 0 Å². The SMILES string of the molecule is CCC(C)(C)Nc1ncc(N)cn1. The first-order valence-electron chi connectivity index (χ1n) is 4.39. The van der Waals surface area contributed by atoms with Crippen molar-refractivity contribution in [1.82, 2.24) is 9.97 Å². The van der Waals surface area contributed by atoms with Gasteiger partial charge >= 0.3 is 0 Å². The molecule has 0 saturated carbocycles. The number of hydrogen-bond acceptors (Lipinski definition) is 4. The van der Waals surface area contributed by atoms with Gasteiger partial charge < -0.3 is 11.1 Å². The lowest BCUT2D eigenvalue weighted by Crippen LogP contribution is -2.30. The fourth-order valence-electron chi connectivity index (χ4n) is 0.794. The molecule has 0 bridgehead atoms. The summed E-state index contributed by atoms with van der Waals surface area (Å²) in [5, 5.41) is 3.22. The molecule has 0 aliphatic rings. The monoisotopic (exact) mass is 180 g/mol. The normalized spacial score (nSPS) is 11.3. The van der Waals surface area contributed by atoms with Crippen LogP contribution in [0.25, 0.3) is 0 Å². The maximum atomic E-state index is 5.47. The largest absolute Gasteiger partial charge is 0.396 e. The Balaban J connectivity index is 2.69. The molecular formula is C9H16N4. The predicted octanol–water partition coefficient (Wildman–Crippen LogP) is 1.66. The van der Waals surface area contributed by atoms with E-state index in [4.69, 9.17) is 5.73 Å². The van der Waals surface area contributed by atoms with Gasteiger partial charge in [-0.1, -0.05) is 6.92 Å². The minimum Gasteiger partial charge on any atom is -0.396 e. The Hall–Kier alpha value is -1.32. The van der Waals surface area contributed by atoms with E-state index in [1.54, 1.807) is 12.4 Å². The third kappa shape index (κ3) is 2.89. The fourth-order valence-corrected chi connectivity index (χ4v) is 0.794. The van der Waals surface area contributed by atoms with Gasteiger partial charge in [0.1, 0.15) is 0 Å². The second-order valence-electron chi connectivity index (χ2n) is 3.70. The maximum absolute atomic E-state index is 5.47. The van der Waals surface area contributed by atoms with Crippen molar-refractivity contribution in [3.8, 4) is 0 Å². The van der Waals surface area contributed by atoms with Crippen LogP contribution < -0.4 is 11.1 Å². The number of rotatable bonds is 3. The van der Waals surface area contributed by atoms with Gasteiger partial charge in [0.2, 0.25) is 5.95 Å². The third-order valence-corrected chi connectivity index (χ3v) is 2.01. The molecule has 0 spiro atoms. The minimum atomic E-state index is 0.0239. The first-order valence-corrected chi connectivity index (χ1v) is 4.39. The summed E-state index contributed by atoms with van der Waals surface area (Å²) in [6.45, 7) is 6.32. The molecule has 0 amide bonds. The summed E-state index contributed by atoms with van der Waals surface area (Å²) in [5.74, 6) is 0.626. The number of anilines is 2. The third-order valence-electron chi connectivity index (χ3n) is 2.01. The summed E-state index contributed by atoms with van der Waals surface area (Å²) in [6.07, 6.45) is 4.21. The van der Waals surface area contributed by atoms with Gasteiger partial charge in [-0.3, -0.25) is 0 Å². The van der Waals surface area contributed by atoms with Crippen LogP contribution in [0.5, 0.6) is 0 Å². The van der Waals surface area contributed by atoms with Crippen LogP contribution in [0.4, 0.5) is 11.6 Å². The number of aromatic nitrogens is 2. The summed E-state index contributed by atoms with van der Waals surface area (Å²) in [5.41, 5.74) is 6.08. The lowest BCUT2D eigenvalue weighted by atomic mass is 10.0. The zero-order valence-electron chi connectivity index (χ0n) is 8.33. The molecule has 1 aromatic rings. The lowest BCUT2D eigenvalue weighted by molar-refractivity contribution is 0.542. The Bertz CT molecular complexity index is 265. The van der Waals surface area contributed by atoms with Crippen LogP contribution in [0.2, 0.25) is 0 Å². The molecule has 4 nitrogen and oxygen atoms in total. The van der Waals surface area contributed by atoms with Gasteiger partial charge in [-0.15, -0.1) is 0 Å². The zero-order chi connectivity index (χ0) is 9.90. The second kappa shape index (κ2) is 3.60. The lowest BCUT2D eigenvalue weighted by Gasteiger charge is -2.24. The maximum Gasteiger partial charge on any atom is 0.223 e. The van der Waals surface area contributed by atoms with E-state index in [1.807, 2.05) is 0 Å². The summed E-state index contributed by atoms with van der Waals surface area (Å²) in [6, 6.07) is 0. The van der Waals surface area contributed by atoms with E-state index in [9.17, 15) is 0 Å². The molecule has 0 saturated heterocycles. The average molecular weight is 180 g/mol. The number of nitrogens with zero attached hydrogens (tertiary/aromatic N) is 2. The highest BCUT2D eigenvalue weighted by atomic mass is 15.1. The van der Waals surface area contributed by atoms with E-state index < -0.39 is 0 Å². The van der Waals surface area contributed by atoms with Crippen LogP contribution in [-0.4, -0.2) is 15.5 Å². The molecule has 0 unspecified atom stereocenters. The van der Waals surface area contributed by atoms with Gasteiger partial charge in [0.25, 0.3) is 0 Å². The van der Waals surface area contributed by atoms with Crippen molar-refractivity contribution in [3.05, 3.63) is 12.4 Å². The molecule has 1 heterocycles. The average Bonchev–Trinajstić information content (AvgIpc) is 2.09. The van der Waals surface area contributed by atoms with Crippen LogP contribution in [0.3, 0.4) is 0 Å². The van der Waals surface area contributed by atoms with Crippen molar-refractivity contribution < 1.29 is 0 Å². The summed E-state index contributed by atoms with van der Waals surface area (Å²) >= 11 is 0. The van der Waals surface area contributed by atoms with Gasteiger partial charge in [-0.2, -0.15) is 0 Å². The van der Waals surface area contributed by atoms with Crippen molar-refractivity contribution in [2.75, 3.05) is 11.1 Å². The van der Waals surface area contributed by atoms with Crippen molar-refractivity contribution in [2.45, 2.75) is 32.7 Å². The summed E-state index contributed by atoms with van der Waals surface area (Å²) in [7, 11) is 0. The summed E-state index contributed by atoms with van der Waals surface area (Å²) in [4.78, 5) is 8.13. The van der Waals surface area contributed by atoms with E-state index in [0.717, 1.165) is 6.42 Å². The molecule has 0 aliphatic carbocycles. The first kappa shape index (κ1) is 9.77. The number of nitrogens with one attached hydrogen (secondary N) is 1. The first-order chi connectivity index (χ1) is 6.03. The number of nitrogens with two attached hydrogens (primary N) is 1. The molecule has 72 valence electrons. The van der Waals surface area contributed by atoms with Gasteiger partial charge in [-0.05, 0) is 20.3 Å². The molecule has 0 aliphatic heterocycles. The highest BCUT2D eigenvalue weighted by molar-refractivity contribution is 5.37. The van der Waals surface area contributed by atoms with E-state index in [1.165, 1.54) is 0 Å². The predicted molar refractivity (Wildman–Crippen MR) is 54.4 cm³/mol. The Morgan fingerprint density at radius 2 is 1.92 bits per heavy atom.